The zero-order chi connectivity index (χ0) is 23.0. The molecule has 0 spiro atoms. The molecule has 4 aromatic rings. The molecule has 0 fully saturated rings. The summed E-state index contributed by atoms with van der Waals surface area (Å²) in [6.07, 6.45) is 0. The number of aromatic amines is 1. The standard InChI is InChI=1S/C26H25N3O3S/c1-31-21-14-13-18(15-22(21)32-2)16-27-23(30)17-33-26-28-24(19-9-5-3-6-10-19)25(29-26)20-11-7-4-8-12-20/h3-15H,16-17H2,1-2H3,(H,27,30)(H,28,29). The van der Waals surface area contributed by atoms with Gasteiger partial charge < -0.3 is 19.8 Å². The van der Waals surface area contributed by atoms with E-state index in [0.717, 1.165) is 28.1 Å². The van der Waals surface area contributed by atoms with E-state index in [1.165, 1.54) is 11.8 Å². The molecule has 0 atom stereocenters. The molecule has 3 aromatic carbocycles. The second kappa shape index (κ2) is 10.7. The van der Waals surface area contributed by atoms with E-state index in [0.29, 0.717) is 23.2 Å². The van der Waals surface area contributed by atoms with Gasteiger partial charge >= 0.3 is 0 Å². The zero-order valence-corrected chi connectivity index (χ0v) is 19.3. The number of imidazole rings is 1. The molecule has 0 aliphatic rings. The van der Waals surface area contributed by atoms with Crippen molar-refractivity contribution in [2.75, 3.05) is 20.0 Å². The fraction of sp³-hybridized carbons (Fsp3) is 0.154. The molecule has 6 nitrogen and oxygen atoms in total. The highest BCUT2D eigenvalue weighted by molar-refractivity contribution is 7.99. The highest BCUT2D eigenvalue weighted by Gasteiger charge is 2.15. The third-order valence-electron chi connectivity index (χ3n) is 5.07. The van der Waals surface area contributed by atoms with Crippen LogP contribution in [-0.4, -0.2) is 35.8 Å². The Hall–Kier alpha value is -3.71. The van der Waals surface area contributed by atoms with Gasteiger partial charge in [-0.25, -0.2) is 4.98 Å². The van der Waals surface area contributed by atoms with Gasteiger partial charge in [-0.15, -0.1) is 0 Å². The van der Waals surface area contributed by atoms with E-state index in [-0.39, 0.29) is 11.7 Å². The van der Waals surface area contributed by atoms with E-state index in [4.69, 9.17) is 14.5 Å². The predicted octanol–water partition coefficient (Wildman–Crippen LogP) is 5.17. The molecular weight excluding hydrogens is 434 g/mol. The number of carbonyl (C=O) groups is 1. The normalized spacial score (nSPS) is 10.6. The molecule has 0 bridgehead atoms. The quantitative estimate of drug-likeness (QED) is 0.338. The molecular formula is C26H25N3O3S. The van der Waals surface area contributed by atoms with Crippen LogP contribution in [0.4, 0.5) is 0 Å². The van der Waals surface area contributed by atoms with Gasteiger partial charge in [0.1, 0.15) is 0 Å². The number of nitrogens with one attached hydrogen (secondary N) is 2. The number of benzene rings is 3. The first kappa shape index (κ1) is 22.5. The lowest BCUT2D eigenvalue weighted by molar-refractivity contribution is -0.118. The Labute approximate surface area is 197 Å². The van der Waals surface area contributed by atoms with E-state index in [1.54, 1.807) is 14.2 Å². The van der Waals surface area contributed by atoms with Crippen LogP contribution in [0.5, 0.6) is 11.5 Å². The number of thioether (sulfide) groups is 1. The number of hydrogen-bond acceptors (Lipinski definition) is 5. The summed E-state index contributed by atoms with van der Waals surface area (Å²) in [6, 6.07) is 25.7. The number of aromatic nitrogens is 2. The van der Waals surface area contributed by atoms with Crippen molar-refractivity contribution in [3.05, 3.63) is 84.4 Å². The van der Waals surface area contributed by atoms with Gasteiger partial charge in [0.25, 0.3) is 0 Å². The minimum Gasteiger partial charge on any atom is -0.493 e. The van der Waals surface area contributed by atoms with E-state index < -0.39 is 0 Å². The fourth-order valence-corrected chi connectivity index (χ4v) is 4.11. The van der Waals surface area contributed by atoms with Crippen LogP contribution in [0, 0.1) is 0 Å². The number of nitrogens with zero attached hydrogens (tertiary/aromatic N) is 1. The molecule has 0 aliphatic carbocycles. The average Bonchev–Trinajstić information content (AvgIpc) is 3.31. The lowest BCUT2D eigenvalue weighted by Gasteiger charge is -2.10. The third-order valence-corrected chi connectivity index (χ3v) is 5.94. The largest absolute Gasteiger partial charge is 0.493 e. The van der Waals surface area contributed by atoms with Crippen LogP contribution >= 0.6 is 11.8 Å². The molecule has 2 N–H and O–H groups in total. The highest BCUT2D eigenvalue weighted by Crippen LogP contribution is 2.32. The van der Waals surface area contributed by atoms with E-state index in [1.807, 2.05) is 78.9 Å². The average molecular weight is 460 g/mol. The van der Waals surface area contributed by atoms with Crippen molar-refractivity contribution in [3.63, 3.8) is 0 Å². The molecule has 0 radical (unpaired) electrons. The minimum absolute atomic E-state index is 0.0753. The van der Waals surface area contributed by atoms with Gasteiger partial charge in [0, 0.05) is 17.7 Å². The summed E-state index contributed by atoms with van der Waals surface area (Å²) < 4.78 is 10.6. The maximum Gasteiger partial charge on any atom is 0.230 e. The van der Waals surface area contributed by atoms with E-state index in [2.05, 4.69) is 10.3 Å². The summed E-state index contributed by atoms with van der Waals surface area (Å²) in [4.78, 5) is 20.7. The van der Waals surface area contributed by atoms with Crippen LogP contribution in [0.2, 0.25) is 0 Å². The van der Waals surface area contributed by atoms with Crippen LogP contribution < -0.4 is 14.8 Å². The van der Waals surface area contributed by atoms with Crippen molar-refractivity contribution >= 4 is 17.7 Å². The number of methoxy groups -OCH3 is 2. The monoisotopic (exact) mass is 459 g/mol. The molecule has 168 valence electrons. The van der Waals surface area contributed by atoms with Crippen LogP contribution in [0.25, 0.3) is 22.5 Å². The SMILES string of the molecule is COc1ccc(CNC(=O)CSc2nc(-c3ccccc3)c(-c3ccccc3)[nH]2)cc1OC. The van der Waals surface area contributed by atoms with Crippen molar-refractivity contribution in [2.45, 2.75) is 11.7 Å². The number of rotatable bonds is 9. The van der Waals surface area contributed by atoms with Crippen LogP contribution in [-0.2, 0) is 11.3 Å². The van der Waals surface area contributed by atoms with Gasteiger partial charge in [0.05, 0.1) is 31.4 Å². The van der Waals surface area contributed by atoms with Crippen LogP contribution in [0.1, 0.15) is 5.56 Å². The summed E-state index contributed by atoms with van der Waals surface area (Å²) in [5.41, 5.74) is 4.82. The lowest BCUT2D eigenvalue weighted by atomic mass is 10.1. The van der Waals surface area contributed by atoms with Crippen molar-refractivity contribution in [1.29, 1.82) is 0 Å². The molecule has 7 heteroatoms. The molecule has 0 aliphatic heterocycles. The Balaban J connectivity index is 1.43. The van der Waals surface area contributed by atoms with Gasteiger partial charge in [-0.1, -0.05) is 78.5 Å². The van der Waals surface area contributed by atoms with E-state index in [9.17, 15) is 4.79 Å². The molecule has 33 heavy (non-hydrogen) atoms. The number of amides is 1. The second-order valence-corrected chi connectivity index (χ2v) is 8.22. The lowest BCUT2D eigenvalue weighted by Crippen LogP contribution is -2.24. The molecule has 0 saturated carbocycles. The first-order valence-corrected chi connectivity index (χ1v) is 11.5. The van der Waals surface area contributed by atoms with Crippen molar-refractivity contribution in [2.24, 2.45) is 0 Å². The third kappa shape index (κ3) is 5.56. The molecule has 1 heterocycles. The number of ether oxygens (including phenoxy) is 2. The summed E-state index contributed by atoms with van der Waals surface area (Å²) in [5, 5.41) is 3.65. The summed E-state index contributed by atoms with van der Waals surface area (Å²) in [5.74, 6) is 1.47. The maximum atomic E-state index is 12.5. The molecule has 1 amide bonds. The van der Waals surface area contributed by atoms with Gasteiger partial charge in [-0.05, 0) is 17.7 Å². The fourth-order valence-electron chi connectivity index (χ4n) is 3.41. The Morgan fingerprint density at radius 1 is 0.909 bits per heavy atom. The Kier molecular flexibility index (Phi) is 7.32. The van der Waals surface area contributed by atoms with Gasteiger partial charge in [-0.2, -0.15) is 0 Å². The number of hydrogen-bond donors (Lipinski definition) is 2. The zero-order valence-electron chi connectivity index (χ0n) is 18.5. The Bertz CT molecular complexity index is 1150. The van der Waals surface area contributed by atoms with Crippen molar-refractivity contribution in [3.8, 4) is 34.0 Å². The summed E-state index contributed by atoms with van der Waals surface area (Å²) in [7, 11) is 3.19. The van der Waals surface area contributed by atoms with Crippen molar-refractivity contribution in [1.82, 2.24) is 15.3 Å². The molecule has 0 unspecified atom stereocenters. The Morgan fingerprint density at radius 2 is 1.58 bits per heavy atom. The highest BCUT2D eigenvalue weighted by atomic mass is 32.2. The topological polar surface area (TPSA) is 76.2 Å². The minimum atomic E-state index is -0.0753. The smallest absolute Gasteiger partial charge is 0.230 e. The molecule has 0 saturated heterocycles. The van der Waals surface area contributed by atoms with Gasteiger partial charge in [0.2, 0.25) is 5.91 Å². The first-order chi connectivity index (χ1) is 16.2. The van der Waals surface area contributed by atoms with E-state index >= 15 is 0 Å². The first-order valence-electron chi connectivity index (χ1n) is 10.5. The number of carbonyl (C=O) groups excluding carboxylic acids is 1. The summed E-state index contributed by atoms with van der Waals surface area (Å²) in [6.45, 7) is 0.405. The summed E-state index contributed by atoms with van der Waals surface area (Å²) >= 11 is 1.38. The molecule has 1 aromatic heterocycles. The second-order valence-electron chi connectivity index (χ2n) is 7.25. The Morgan fingerprint density at radius 3 is 2.24 bits per heavy atom. The van der Waals surface area contributed by atoms with Crippen LogP contribution in [0.15, 0.2) is 84.0 Å². The number of H-pyrrole nitrogens is 1. The maximum absolute atomic E-state index is 12.5. The van der Waals surface area contributed by atoms with Gasteiger partial charge in [-0.3, -0.25) is 4.79 Å². The van der Waals surface area contributed by atoms with Gasteiger partial charge in [0.15, 0.2) is 16.7 Å². The van der Waals surface area contributed by atoms with Crippen LogP contribution in [0.3, 0.4) is 0 Å². The van der Waals surface area contributed by atoms with Crippen molar-refractivity contribution < 1.29 is 14.3 Å². The predicted molar refractivity (Wildman–Crippen MR) is 132 cm³/mol. The molecule has 4 rings (SSSR count).